The van der Waals surface area contributed by atoms with E-state index in [-0.39, 0.29) is 0 Å². The maximum atomic E-state index is 5.56. The zero-order valence-electron chi connectivity index (χ0n) is 7.94. The van der Waals surface area contributed by atoms with Crippen LogP contribution in [-0.4, -0.2) is 4.98 Å². The third-order valence-electron chi connectivity index (χ3n) is 1.92. The van der Waals surface area contributed by atoms with Gasteiger partial charge >= 0.3 is 0 Å². The molecular weight excluding hydrogens is 301 g/mol. The van der Waals surface area contributed by atoms with Gasteiger partial charge in [-0.15, -0.1) is 0 Å². The summed E-state index contributed by atoms with van der Waals surface area (Å²) < 4.78 is 1.16. The predicted molar refractivity (Wildman–Crippen MR) is 71.1 cm³/mol. The van der Waals surface area contributed by atoms with Crippen molar-refractivity contribution in [2.45, 2.75) is 0 Å². The molecule has 0 aliphatic rings. The molecule has 0 bridgehead atoms. The first-order valence-corrected chi connectivity index (χ1v) is 5.56. The van der Waals surface area contributed by atoms with E-state index < -0.39 is 0 Å². The topological polar surface area (TPSA) is 50.9 Å². The number of pyridine rings is 1. The van der Waals surface area contributed by atoms with Gasteiger partial charge in [-0.05, 0) is 46.9 Å². The Bertz CT molecular complexity index is 454. The Kier molecular flexibility index (Phi) is 3.05. The largest absolute Gasteiger partial charge is 0.397 e. The van der Waals surface area contributed by atoms with Gasteiger partial charge in [-0.2, -0.15) is 0 Å². The van der Waals surface area contributed by atoms with Crippen LogP contribution in [0.25, 0.3) is 0 Å². The number of rotatable bonds is 2. The summed E-state index contributed by atoms with van der Waals surface area (Å²) in [4.78, 5) is 4.18. The molecule has 2 rings (SSSR count). The Hall–Kier alpha value is -1.30. The van der Waals surface area contributed by atoms with Crippen LogP contribution < -0.4 is 11.1 Å². The summed E-state index contributed by atoms with van der Waals surface area (Å²) in [6, 6.07) is 11.7. The molecule has 15 heavy (non-hydrogen) atoms. The van der Waals surface area contributed by atoms with Crippen molar-refractivity contribution in [2.24, 2.45) is 0 Å². The first kappa shape index (κ1) is 10.2. The highest BCUT2D eigenvalue weighted by molar-refractivity contribution is 14.1. The van der Waals surface area contributed by atoms with E-state index in [2.05, 4.69) is 32.9 Å². The standard InChI is InChI=1S/C11H10IN3/c12-9-3-1-2-4-10(9)15-11-6-5-8(13)7-14-11/h1-7H,13H2,(H,14,15). The van der Waals surface area contributed by atoms with Gasteiger partial charge in [0.2, 0.25) is 0 Å². The number of nitrogens with zero attached hydrogens (tertiary/aromatic N) is 1. The Morgan fingerprint density at radius 1 is 1.13 bits per heavy atom. The summed E-state index contributed by atoms with van der Waals surface area (Å²) in [5, 5.41) is 3.23. The van der Waals surface area contributed by atoms with Crippen LogP contribution in [0.4, 0.5) is 17.2 Å². The first-order chi connectivity index (χ1) is 7.25. The summed E-state index contributed by atoms with van der Waals surface area (Å²) in [6.07, 6.45) is 1.64. The van der Waals surface area contributed by atoms with Gasteiger partial charge in [-0.25, -0.2) is 4.98 Å². The van der Waals surface area contributed by atoms with Crippen LogP contribution in [0.5, 0.6) is 0 Å². The van der Waals surface area contributed by atoms with Crippen LogP contribution >= 0.6 is 22.6 Å². The van der Waals surface area contributed by atoms with Gasteiger partial charge in [0.15, 0.2) is 0 Å². The molecule has 0 saturated heterocycles. The van der Waals surface area contributed by atoms with Gasteiger partial charge in [-0.3, -0.25) is 0 Å². The second kappa shape index (κ2) is 4.48. The van der Waals surface area contributed by atoms with Crippen molar-refractivity contribution >= 4 is 39.8 Å². The summed E-state index contributed by atoms with van der Waals surface area (Å²) >= 11 is 2.28. The van der Waals surface area contributed by atoms with Crippen LogP contribution in [0.2, 0.25) is 0 Å². The number of aromatic nitrogens is 1. The summed E-state index contributed by atoms with van der Waals surface area (Å²) in [6.45, 7) is 0. The minimum atomic E-state index is 0.670. The fourth-order valence-electron chi connectivity index (χ4n) is 1.18. The maximum absolute atomic E-state index is 5.56. The molecule has 1 aromatic heterocycles. The lowest BCUT2D eigenvalue weighted by molar-refractivity contribution is 1.31. The molecule has 0 spiro atoms. The SMILES string of the molecule is Nc1ccc(Nc2ccccc2I)nc1. The number of anilines is 3. The van der Waals surface area contributed by atoms with Crippen molar-refractivity contribution in [3.63, 3.8) is 0 Å². The maximum Gasteiger partial charge on any atom is 0.130 e. The monoisotopic (exact) mass is 311 g/mol. The number of nitrogens with one attached hydrogen (secondary N) is 1. The molecule has 0 amide bonds. The second-order valence-electron chi connectivity index (χ2n) is 3.08. The van der Waals surface area contributed by atoms with Gasteiger partial charge < -0.3 is 11.1 Å². The van der Waals surface area contributed by atoms with E-state index in [9.17, 15) is 0 Å². The van der Waals surface area contributed by atoms with E-state index in [4.69, 9.17) is 5.73 Å². The Morgan fingerprint density at radius 2 is 1.93 bits per heavy atom. The van der Waals surface area contributed by atoms with Gasteiger partial charge in [0, 0.05) is 3.57 Å². The molecule has 3 nitrogen and oxygen atoms in total. The van der Waals surface area contributed by atoms with E-state index in [1.54, 1.807) is 6.20 Å². The van der Waals surface area contributed by atoms with Gasteiger partial charge in [0.25, 0.3) is 0 Å². The summed E-state index contributed by atoms with van der Waals surface area (Å²) in [5.41, 5.74) is 7.28. The molecule has 4 heteroatoms. The van der Waals surface area contributed by atoms with E-state index in [0.717, 1.165) is 15.1 Å². The second-order valence-corrected chi connectivity index (χ2v) is 4.24. The van der Waals surface area contributed by atoms with Crippen molar-refractivity contribution < 1.29 is 0 Å². The molecule has 0 saturated carbocycles. The molecular formula is C11H10IN3. The molecule has 0 unspecified atom stereocenters. The zero-order valence-corrected chi connectivity index (χ0v) is 10.1. The molecule has 0 aliphatic carbocycles. The number of hydrogen-bond donors (Lipinski definition) is 2. The lowest BCUT2D eigenvalue weighted by Gasteiger charge is -2.07. The molecule has 1 heterocycles. The molecule has 0 atom stereocenters. The van der Waals surface area contributed by atoms with E-state index in [0.29, 0.717) is 5.69 Å². The van der Waals surface area contributed by atoms with Crippen molar-refractivity contribution in [2.75, 3.05) is 11.1 Å². The highest BCUT2D eigenvalue weighted by Gasteiger charge is 1.98. The average Bonchev–Trinajstić information content (AvgIpc) is 2.25. The van der Waals surface area contributed by atoms with E-state index in [1.165, 1.54) is 0 Å². The number of para-hydroxylation sites is 1. The van der Waals surface area contributed by atoms with Crippen molar-refractivity contribution in [1.82, 2.24) is 4.98 Å². The fraction of sp³-hybridized carbons (Fsp3) is 0. The van der Waals surface area contributed by atoms with Crippen LogP contribution in [-0.2, 0) is 0 Å². The first-order valence-electron chi connectivity index (χ1n) is 4.49. The van der Waals surface area contributed by atoms with E-state index >= 15 is 0 Å². The van der Waals surface area contributed by atoms with Crippen LogP contribution in [0, 0.1) is 3.57 Å². The predicted octanol–water partition coefficient (Wildman–Crippen LogP) is 3.01. The van der Waals surface area contributed by atoms with Crippen molar-refractivity contribution in [1.29, 1.82) is 0 Å². The smallest absolute Gasteiger partial charge is 0.130 e. The normalized spacial score (nSPS) is 9.93. The third-order valence-corrected chi connectivity index (χ3v) is 2.86. The Morgan fingerprint density at radius 3 is 2.60 bits per heavy atom. The molecule has 76 valence electrons. The molecule has 0 fully saturated rings. The zero-order chi connectivity index (χ0) is 10.7. The highest BCUT2D eigenvalue weighted by Crippen LogP contribution is 2.20. The van der Waals surface area contributed by atoms with Crippen LogP contribution in [0.1, 0.15) is 0 Å². The Labute approximate surface area is 102 Å². The van der Waals surface area contributed by atoms with Gasteiger partial charge in [0.05, 0.1) is 17.6 Å². The number of benzene rings is 1. The van der Waals surface area contributed by atoms with Crippen LogP contribution in [0.15, 0.2) is 42.6 Å². The quantitative estimate of drug-likeness (QED) is 0.838. The number of nitrogen functional groups attached to an aromatic ring is 1. The Balaban J connectivity index is 2.22. The van der Waals surface area contributed by atoms with Gasteiger partial charge in [0.1, 0.15) is 5.82 Å². The fourth-order valence-corrected chi connectivity index (χ4v) is 1.70. The average molecular weight is 311 g/mol. The molecule has 0 aliphatic heterocycles. The summed E-state index contributed by atoms with van der Waals surface area (Å²) in [5.74, 6) is 0.799. The highest BCUT2D eigenvalue weighted by atomic mass is 127. The third kappa shape index (κ3) is 2.59. The van der Waals surface area contributed by atoms with Crippen molar-refractivity contribution in [3.05, 3.63) is 46.2 Å². The molecule has 0 radical (unpaired) electrons. The molecule has 1 aromatic carbocycles. The minimum absolute atomic E-state index is 0.670. The molecule has 3 N–H and O–H groups in total. The lowest BCUT2D eigenvalue weighted by Crippen LogP contribution is -1.95. The minimum Gasteiger partial charge on any atom is -0.397 e. The van der Waals surface area contributed by atoms with E-state index in [1.807, 2.05) is 36.4 Å². The van der Waals surface area contributed by atoms with Gasteiger partial charge in [-0.1, -0.05) is 12.1 Å². The number of nitrogens with two attached hydrogens (primary N) is 1. The number of hydrogen-bond acceptors (Lipinski definition) is 3. The van der Waals surface area contributed by atoms with Crippen LogP contribution in [0.3, 0.4) is 0 Å². The lowest BCUT2D eigenvalue weighted by atomic mass is 10.3. The number of halogens is 1. The molecule has 2 aromatic rings. The van der Waals surface area contributed by atoms with Crippen molar-refractivity contribution in [3.8, 4) is 0 Å². The summed E-state index contributed by atoms with van der Waals surface area (Å²) in [7, 11) is 0.